The van der Waals surface area contributed by atoms with E-state index in [4.69, 9.17) is 6.42 Å². The highest BCUT2D eigenvalue weighted by Gasteiger charge is 2.04. The highest BCUT2D eigenvalue weighted by molar-refractivity contribution is 5.78. The van der Waals surface area contributed by atoms with Gasteiger partial charge in [-0.2, -0.15) is 0 Å². The maximum Gasteiger partial charge on any atom is 0.226 e. The number of benzene rings is 1. The van der Waals surface area contributed by atoms with Gasteiger partial charge in [0.2, 0.25) is 5.91 Å². The van der Waals surface area contributed by atoms with Crippen LogP contribution in [0.5, 0.6) is 0 Å². The molecular weight excluding hydrogens is 200 g/mol. The van der Waals surface area contributed by atoms with Crippen LogP contribution in [0.25, 0.3) is 0 Å². The van der Waals surface area contributed by atoms with Gasteiger partial charge in [0.1, 0.15) is 0 Å². The fraction of sp³-hybridized carbons (Fsp3) is 0.308. The Bertz CT molecular complexity index is 387. The lowest BCUT2D eigenvalue weighted by Gasteiger charge is -2.10. The van der Waals surface area contributed by atoms with Crippen molar-refractivity contribution in [1.29, 1.82) is 0 Å². The summed E-state index contributed by atoms with van der Waals surface area (Å²) in [5.41, 5.74) is 1.98. The lowest BCUT2D eigenvalue weighted by atomic mass is 10.1. The molecule has 0 saturated carbocycles. The summed E-state index contributed by atoms with van der Waals surface area (Å²) in [7, 11) is 3.51. The second-order valence-electron chi connectivity index (χ2n) is 3.72. The first kappa shape index (κ1) is 12.1. The Hall–Kier alpha value is -1.95. The number of nitrogens with one attached hydrogen (secondary N) is 1. The van der Waals surface area contributed by atoms with Crippen LogP contribution in [0, 0.1) is 12.3 Å². The van der Waals surface area contributed by atoms with E-state index in [1.54, 1.807) is 19.0 Å². The molecule has 1 aromatic rings. The number of nitrogens with zero attached hydrogens (tertiary/aromatic N) is 1. The van der Waals surface area contributed by atoms with Crippen LogP contribution in [0.3, 0.4) is 0 Å². The Balaban J connectivity index is 2.58. The molecule has 1 N–H and O–H groups in total. The molecule has 0 aliphatic heterocycles. The van der Waals surface area contributed by atoms with Gasteiger partial charge in [0.25, 0.3) is 0 Å². The number of hydrogen-bond donors (Lipinski definition) is 1. The molecule has 0 aliphatic carbocycles. The Kier molecular flexibility index (Phi) is 4.41. The minimum absolute atomic E-state index is 0.101. The van der Waals surface area contributed by atoms with Gasteiger partial charge in [0, 0.05) is 19.8 Å². The standard InChI is InChI=1S/C13H16N2O/c1-4-9-14-12-7-5-11(6-8-12)10-13(16)15(2)3/h1,5-8,14H,9-10H2,2-3H3. The van der Waals surface area contributed by atoms with Crippen molar-refractivity contribution in [2.45, 2.75) is 6.42 Å². The van der Waals surface area contributed by atoms with Gasteiger partial charge in [-0.1, -0.05) is 18.1 Å². The van der Waals surface area contributed by atoms with E-state index in [2.05, 4.69) is 11.2 Å². The van der Waals surface area contributed by atoms with Crippen LogP contribution >= 0.6 is 0 Å². The van der Waals surface area contributed by atoms with Crippen molar-refractivity contribution in [2.24, 2.45) is 0 Å². The lowest BCUT2D eigenvalue weighted by Crippen LogP contribution is -2.23. The molecule has 84 valence electrons. The highest BCUT2D eigenvalue weighted by Crippen LogP contribution is 2.10. The first-order valence-corrected chi connectivity index (χ1v) is 5.10. The first-order chi connectivity index (χ1) is 7.63. The molecule has 0 saturated heterocycles. The van der Waals surface area contributed by atoms with Crippen LogP contribution in [0.15, 0.2) is 24.3 Å². The second kappa shape index (κ2) is 5.82. The highest BCUT2D eigenvalue weighted by atomic mass is 16.2. The van der Waals surface area contributed by atoms with E-state index >= 15 is 0 Å². The average molecular weight is 216 g/mol. The van der Waals surface area contributed by atoms with Crippen molar-refractivity contribution < 1.29 is 4.79 Å². The number of likely N-dealkylation sites (N-methyl/N-ethyl adjacent to an activating group) is 1. The van der Waals surface area contributed by atoms with Crippen molar-refractivity contribution in [2.75, 3.05) is 26.0 Å². The molecule has 0 fully saturated rings. The summed E-state index contributed by atoms with van der Waals surface area (Å²) in [4.78, 5) is 13.0. The fourth-order valence-corrected chi connectivity index (χ4v) is 1.23. The minimum Gasteiger partial charge on any atom is -0.374 e. The van der Waals surface area contributed by atoms with Crippen LogP contribution in [0.1, 0.15) is 5.56 Å². The zero-order valence-corrected chi connectivity index (χ0v) is 9.66. The molecule has 1 aromatic carbocycles. The number of carbonyl (C=O) groups excluding carboxylic acids is 1. The van der Waals surface area contributed by atoms with Crippen LogP contribution in [0.2, 0.25) is 0 Å². The summed E-state index contributed by atoms with van der Waals surface area (Å²) in [5.74, 6) is 2.61. The largest absolute Gasteiger partial charge is 0.374 e. The predicted octanol–water partition coefficient (Wildman–Crippen LogP) is 1.36. The van der Waals surface area contributed by atoms with Crippen molar-refractivity contribution in [3.63, 3.8) is 0 Å². The normalized spacial score (nSPS) is 9.31. The van der Waals surface area contributed by atoms with E-state index in [1.165, 1.54) is 0 Å². The molecule has 0 radical (unpaired) electrons. The molecule has 0 atom stereocenters. The van der Waals surface area contributed by atoms with E-state index < -0.39 is 0 Å². The number of hydrogen-bond acceptors (Lipinski definition) is 2. The molecule has 3 nitrogen and oxygen atoms in total. The van der Waals surface area contributed by atoms with Crippen molar-refractivity contribution in [3.05, 3.63) is 29.8 Å². The molecule has 0 heterocycles. The molecule has 0 aromatic heterocycles. The van der Waals surface area contributed by atoms with Crippen LogP contribution in [0.4, 0.5) is 5.69 Å². The molecular formula is C13H16N2O. The molecule has 1 amide bonds. The zero-order valence-electron chi connectivity index (χ0n) is 9.66. The van der Waals surface area contributed by atoms with Crippen LogP contribution in [-0.4, -0.2) is 31.4 Å². The Morgan fingerprint density at radius 3 is 2.50 bits per heavy atom. The number of carbonyl (C=O) groups is 1. The number of rotatable bonds is 4. The van der Waals surface area contributed by atoms with E-state index in [9.17, 15) is 4.79 Å². The number of amides is 1. The summed E-state index contributed by atoms with van der Waals surface area (Å²) in [6.45, 7) is 0.510. The number of anilines is 1. The third-order valence-electron chi connectivity index (χ3n) is 2.20. The summed E-state index contributed by atoms with van der Waals surface area (Å²) >= 11 is 0. The maximum atomic E-state index is 11.5. The van der Waals surface area contributed by atoms with Crippen LogP contribution in [-0.2, 0) is 11.2 Å². The molecule has 3 heteroatoms. The van der Waals surface area contributed by atoms with Crippen LogP contribution < -0.4 is 5.32 Å². The zero-order chi connectivity index (χ0) is 12.0. The third-order valence-corrected chi connectivity index (χ3v) is 2.20. The van der Waals surface area contributed by atoms with Crippen molar-refractivity contribution in [1.82, 2.24) is 4.90 Å². The summed E-state index contributed by atoms with van der Waals surface area (Å²) < 4.78 is 0. The lowest BCUT2D eigenvalue weighted by molar-refractivity contribution is -0.127. The van der Waals surface area contributed by atoms with Gasteiger partial charge in [0.15, 0.2) is 0 Å². The number of terminal acetylenes is 1. The van der Waals surface area contributed by atoms with E-state index in [0.29, 0.717) is 13.0 Å². The quantitative estimate of drug-likeness (QED) is 0.771. The van der Waals surface area contributed by atoms with Gasteiger partial charge in [-0.15, -0.1) is 6.42 Å². The average Bonchev–Trinajstić information content (AvgIpc) is 2.28. The van der Waals surface area contributed by atoms with Gasteiger partial charge in [-0.3, -0.25) is 4.79 Å². The van der Waals surface area contributed by atoms with Crippen molar-refractivity contribution >= 4 is 11.6 Å². The van der Waals surface area contributed by atoms with Gasteiger partial charge in [-0.25, -0.2) is 0 Å². The van der Waals surface area contributed by atoms with Gasteiger partial charge in [0.05, 0.1) is 13.0 Å². The fourth-order valence-electron chi connectivity index (χ4n) is 1.23. The SMILES string of the molecule is C#CCNc1ccc(CC(=O)N(C)C)cc1. The third kappa shape index (κ3) is 3.66. The van der Waals surface area contributed by atoms with E-state index in [-0.39, 0.29) is 5.91 Å². The Morgan fingerprint density at radius 1 is 1.38 bits per heavy atom. The van der Waals surface area contributed by atoms with E-state index in [1.807, 2.05) is 24.3 Å². The molecule has 1 rings (SSSR count). The van der Waals surface area contributed by atoms with Gasteiger partial charge in [-0.05, 0) is 17.7 Å². The summed E-state index contributed by atoms with van der Waals surface area (Å²) in [6, 6.07) is 7.71. The predicted molar refractivity (Wildman–Crippen MR) is 66.2 cm³/mol. The molecule has 16 heavy (non-hydrogen) atoms. The van der Waals surface area contributed by atoms with Gasteiger partial charge >= 0.3 is 0 Å². The van der Waals surface area contributed by atoms with Crippen molar-refractivity contribution in [3.8, 4) is 12.3 Å². The molecule has 0 bridgehead atoms. The smallest absolute Gasteiger partial charge is 0.226 e. The second-order valence-corrected chi connectivity index (χ2v) is 3.72. The summed E-state index contributed by atoms with van der Waals surface area (Å²) in [6.07, 6.45) is 5.58. The minimum atomic E-state index is 0.101. The maximum absolute atomic E-state index is 11.5. The summed E-state index contributed by atoms with van der Waals surface area (Å²) in [5, 5.41) is 3.07. The first-order valence-electron chi connectivity index (χ1n) is 5.10. The topological polar surface area (TPSA) is 32.3 Å². The molecule has 0 unspecified atom stereocenters. The van der Waals surface area contributed by atoms with E-state index in [0.717, 1.165) is 11.3 Å². The monoisotopic (exact) mass is 216 g/mol. The van der Waals surface area contributed by atoms with Gasteiger partial charge < -0.3 is 10.2 Å². The molecule has 0 aliphatic rings. The Morgan fingerprint density at radius 2 is 2.00 bits per heavy atom. The molecule has 0 spiro atoms. The Labute approximate surface area is 96.5 Å².